The largest absolute Gasteiger partial charge is 0.497 e. The first-order valence-electron chi connectivity index (χ1n) is 6.34. The van der Waals surface area contributed by atoms with Gasteiger partial charge in [0.25, 0.3) is 0 Å². The molecule has 0 radical (unpaired) electrons. The number of hydrogen-bond acceptors (Lipinski definition) is 5. The number of nitrogens with two attached hydrogens (primary N) is 1. The highest BCUT2D eigenvalue weighted by atomic mass is 16.5. The standard InChI is InChI=1S/C15H15N3O2/c1-9(14-17-18-15(16)20-14)10-3-4-12-8-13(19-2)6-5-11(12)7-10/h3-9H,1-2H3,(H2,16,18). The molecule has 0 aliphatic rings. The van der Waals surface area contributed by atoms with E-state index in [0.717, 1.165) is 22.1 Å². The summed E-state index contributed by atoms with van der Waals surface area (Å²) in [6.07, 6.45) is 0. The summed E-state index contributed by atoms with van der Waals surface area (Å²) < 4.78 is 10.5. The lowest BCUT2D eigenvalue weighted by molar-refractivity contribution is 0.415. The molecule has 0 saturated carbocycles. The molecule has 1 unspecified atom stereocenters. The number of nitrogens with zero attached hydrogens (tertiary/aromatic N) is 2. The van der Waals surface area contributed by atoms with E-state index >= 15 is 0 Å². The van der Waals surface area contributed by atoms with Gasteiger partial charge in [0, 0.05) is 0 Å². The Morgan fingerprint density at radius 1 is 1.10 bits per heavy atom. The van der Waals surface area contributed by atoms with Crippen LogP contribution in [0.3, 0.4) is 0 Å². The minimum Gasteiger partial charge on any atom is -0.497 e. The van der Waals surface area contributed by atoms with E-state index in [1.165, 1.54) is 0 Å². The number of methoxy groups -OCH3 is 1. The highest BCUT2D eigenvalue weighted by Crippen LogP contribution is 2.28. The molecule has 0 fully saturated rings. The van der Waals surface area contributed by atoms with E-state index in [1.807, 2.05) is 31.2 Å². The number of ether oxygens (including phenoxy) is 1. The molecule has 3 rings (SSSR count). The molecule has 0 spiro atoms. The van der Waals surface area contributed by atoms with Gasteiger partial charge in [0.15, 0.2) is 0 Å². The zero-order chi connectivity index (χ0) is 14.1. The van der Waals surface area contributed by atoms with Gasteiger partial charge in [-0.1, -0.05) is 29.4 Å². The van der Waals surface area contributed by atoms with Crippen molar-refractivity contribution < 1.29 is 9.15 Å². The first-order chi connectivity index (χ1) is 9.67. The van der Waals surface area contributed by atoms with Crippen LogP contribution in [0.5, 0.6) is 5.75 Å². The summed E-state index contributed by atoms with van der Waals surface area (Å²) in [5, 5.41) is 9.90. The lowest BCUT2D eigenvalue weighted by atomic mass is 9.97. The maximum absolute atomic E-state index is 5.46. The Morgan fingerprint density at radius 3 is 2.55 bits per heavy atom. The van der Waals surface area contributed by atoms with Gasteiger partial charge in [-0.3, -0.25) is 0 Å². The predicted octanol–water partition coefficient (Wildman–Crippen LogP) is 2.97. The molecule has 1 aromatic heterocycles. The highest BCUT2D eigenvalue weighted by molar-refractivity contribution is 5.84. The van der Waals surface area contributed by atoms with E-state index in [2.05, 4.69) is 22.3 Å². The average Bonchev–Trinajstić information content (AvgIpc) is 2.92. The van der Waals surface area contributed by atoms with Crippen molar-refractivity contribution in [3.8, 4) is 5.75 Å². The lowest BCUT2D eigenvalue weighted by Crippen LogP contribution is -1.96. The van der Waals surface area contributed by atoms with Gasteiger partial charge in [-0.05, 0) is 35.4 Å². The molecule has 0 amide bonds. The quantitative estimate of drug-likeness (QED) is 0.791. The minimum atomic E-state index is 0.00583. The molecule has 1 heterocycles. The van der Waals surface area contributed by atoms with Crippen molar-refractivity contribution >= 4 is 16.8 Å². The molecule has 20 heavy (non-hydrogen) atoms. The van der Waals surface area contributed by atoms with E-state index in [0.29, 0.717) is 5.89 Å². The molecule has 102 valence electrons. The van der Waals surface area contributed by atoms with Crippen molar-refractivity contribution in [1.82, 2.24) is 10.2 Å². The van der Waals surface area contributed by atoms with E-state index in [1.54, 1.807) is 7.11 Å². The van der Waals surface area contributed by atoms with Crippen molar-refractivity contribution in [1.29, 1.82) is 0 Å². The van der Waals surface area contributed by atoms with Crippen molar-refractivity contribution in [3.63, 3.8) is 0 Å². The number of fused-ring (bicyclic) bond motifs is 1. The molecule has 2 N–H and O–H groups in total. The third kappa shape index (κ3) is 2.18. The van der Waals surface area contributed by atoms with Gasteiger partial charge in [-0.2, -0.15) is 0 Å². The van der Waals surface area contributed by atoms with Crippen LogP contribution in [0.15, 0.2) is 40.8 Å². The first kappa shape index (κ1) is 12.5. The fraction of sp³-hybridized carbons (Fsp3) is 0.200. The number of rotatable bonds is 3. The normalized spacial score (nSPS) is 12.5. The molecule has 0 bridgehead atoms. The second-order valence-corrected chi connectivity index (χ2v) is 4.67. The zero-order valence-electron chi connectivity index (χ0n) is 11.3. The molecule has 5 nitrogen and oxygen atoms in total. The second kappa shape index (κ2) is 4.85. The van der Waals surface area contributed by atoms with Crippen LogP contribution in [0.1, 0.15) is 24.3 Å². The topological polar surface area (TPSA) is 74.2 Å². The monoisotopic (exact) mass is 269 g/mol. The smallest absolute Gasteiger partial charge is 0.312 e. The van der Waals surface area contributed by atoms with E-state index in [-0.39, 0.29) is 11.9 Å². The number of benzene rings is 2. The third-order valence-electron chi connectivity index (χ3n) is 3.40. The van der Waals surface area contributed by atoms with Gasteiger partial charge in [0.1, 0.15) is 5.75 Å². The van der Waals surface area contributed by atoms with Crippen molar-refractivity contribution in [3.05, 3.63) is 47.9 Å². The number of hydrogen-bond donors (Lipinski definition) is 1. The van der Waals surface area contributed by atoms with Crippen LogP contribution in [0.25, 0.3) is 10.8 Å². The predicted molar refractivity (Wildman–Crippen MR) is 76.7 cm³/mol. The summed E-state index contributed by atoms with van der Waals surface area (Å²) in [4.78, 5) is 0. The number of nitrogen functional groups attached to an aromatic ring is 1. The summed E-state index contributed by atoms with van der Waals surface area (Å²) in [5.74, 6) is 1.38. The van der Waals surface area contributed by atoms with Gasteiger partial charge >= 0.3 is 6.01 Å². The molecule has 5 heteroatoms. The van der Waals surface area contributed by atoms with Crippen molar-refractivity contribution in [2.24, 2.45) is 0 Å². The number of aromatic nitrogens is 2. The van der Waals surface area contributed by atoms with Crippen LogP contribution in [0.2, 0.25) is 0 Å². The molecule has 3 aromatic rings. The molecule has 0 aliphatic carbocycles. The second-order valence-electron chi connectivity index (χ2n) is 4.67. The molecule has 2 aromatic carbocycles. The van der Waals surface area contributed by atoms with Crippen LogP contribution in [-0.4, -0.2) is 17.3 Å². The van der Waals surface area contributed by atoms with Gasteiger partial charge in [0.05, 0.1) is 13.0 Å². The fourth-order valence-corrected chi connectivity index (χ4v) is 2.20. The van der Waals surface area contributed by atoms with Crippen molar-refractivity contribution in [2.45, 2.75) is 12.8 Å². The maximum Gasteiger partial charge on any atom is 0.312 e. The summed E-state index contributed by atoms with van der Waals surface area (Å²) >= 11 is 0. The summed E-state index contributed by atoms with van der Waals surface area (Å²) in [7, 11) is 1.66. The highest BCUT2D eigenvalue weighted by Gasteiger charge is 2.15. The maximum atomic E-state index is 5.46. The summed E-state index contributed by atoms with van der Waals surface area (Å²) in [6.45, 7) is 2.01. The molecule has 0 aliphatic heterocycles. The van der Waals surface area contributed by atoms with Crippen LogP contribution < -0.4 is 10.5 Å². The SMILES string of the molecule is COc1ccc2cc(C(C)c3nnc(N)o3)ccc2c1. The first-order valence-corrected chi connectivity index (χ1v) is 6.34. The van der Waals surface area contributed by atoms with Crippen LogP contribution in [0, 0.1) is 0 Å². The Hall–Kier alpha value is -2.56. The minimum absolute atomic E-state index is 0.00583. The Bertz CT molecular complexity index is 752. The Morgan fingerprint density at radius 2 is 1.85 bits per heavy atom. The Labute approximate surface area is 116 Å². The number of anilines is 1. The van der Waals surface area contributed by atoms with Crippen molar-refractivity contribution in [2.75, 3.05) is 12.8 Å². The fourth-order valence-electron chi connectivity index (χ4n) is 2.20. The zero-order valence-corrected chi connectivity index (χ0v) is 11.3. The van der Waals surface area contributed by atoms with E-state index in [4.69, 9.17) is 14.9 Å². The summed E-state index contributed by atoms with van der Waals surface area (Å²) in [5.41, 5.74) is 6.57. The molecular formula is C15H15N3O2. The van der Waals surface area contributed by atoms with Crippen LogP contribution >= 0.6 is 0 Å². The van der Waals surface area contributed by atoms with Crippen LogP contribution in [0.4, 0.5) is 6.01 Å². The lowest BCUT2D eigenvalue weighted by Gasteiger charge is -2.09. The van der Waals surface area contributed by atoms with Gasteiger partial charge < -0.3 is 14.9 Å². The molecule has 0 saturated heterocycles. The Balaban J connectivity index is 2.00. The molecule has 1 atom stereocenters. The third-order valence-corrected chi connectivity index (χ3v) is 3.40. The van der Waals surface area contributed by atoms with Gasteiger partial charge in [0.2, 0.25) is 5.89 Å². The molecular weight excluding hydrogens is 254 g/mol. The average molecular weight is 269 g/mol. The van der Waals surface area contributed by atoms with E-state index in [9.17, 15) is 0 Å². The van der Waals surface area contributed by atoms with Crippen LogP contribution in [-0.2, 0) is 0 Å². The van der Waals surface area contributed by atoms with Gasteiger partial charge in [-0.15, -0.1) is 5.10 Å². The summed E-state index contributed by atoms with van der Waals surface area (Å²) in [6, 6.07) is 12.3. The van der Waals surface area contributed by atoms with Gasteiger partial charge in [-0.25, -0.2) is 0 Å². The van der Waals surface area contributed by atoms with E-state index < -0.39 is 0 Å². The Kier molecular flexibility index (Phi) is 3.02.